The Bertz CT molecular complexity index is 555. The molecule has 1 aliphatic rings. The predicted octanol–water partition coefficient (Wildman–Crippen LogP) is 1.38. The van der Waals surface area contributed by atoms with E-state index in [2.05, 4.69) is 4.98 Å². The molecule has 0 aliphatic carbocycles. The normalized spacial score (nSPS) is 17.5. The van der Waals surface area contributed by atoms with Crippen LogP contribution in [0.2, 0.25) is 0 Å². The van der Waals surface area contributed by atoms with Crippen LogP contribution in [0.5, 0.6) is 0 Å². The molecular weight excluding hydrogens is 352 g/mol. The average molecular weight is 377 g/mol. The molecule has 0 bridgehead atoms. The van der Waals surface area contributed by atoms with E-state index in [4.69, 9.17) is 10.5 Å². The van der Waals surface area contributed by atoms with E-state index in [9.17, 15) is 9.59 Å². The molecule has 0 aromatic carbocycles. The van der Waals surface area contributed by atoms with E-state index in [0.717, 1.165) is 17.7 Å². The van der Waals surface area contributed by atoms with E-state index in [-0.39, 0.29) is 30.2 Å². The zero-order valence-electron chi connectivity index (χ0n) is 14.1. The number of aromatic nitrogens is 1. The van der Waals surface area contributed by atoms with Crippen molar-refractivity contribution in [2.45, 2.75) is 26.3 Å². The Morgan fingerprint density at radius 1 is 1.54 bits per heavy atom. The number of halogens is 1. The van der Waals surface area contributed by atoms with Crippen molar-refractivity contribution in [1.82, 2.24) is 14.8 Å². The summed E-state index contributed by atoms with van der Waals surface area (Å²) in [4.78, 5) is 33.0. The van der Waals surface area contributed by atoms with Crippen molar-refractivity contribution in [2.75, 3.05) is 39.0 Å². The number of likely N-dealkylation sites (tertiary alicyclic amines) is 1. The molecule has 1 fully saturated rings. The Morgan fingerprint density at radius 3 is 2.92 bits per heavy atom. The minimum Gasteiger partial charge on any atom is -0.466 e. The van der Waals surface area contributed by atoms with Crippen molar-refractivity contribution in [3.05, 3.63) is 11.1 Å². The lowest BCUT2D eigenvalue weighted by Gasteiger charge is -2.32. The number of ether oxygens (including phenoxy) is 1. The predicted molar refractivity (Wildman–Crippen MR) is 96.0 cm³/mol. The van der Waals surface area contributed by atoms with Gasteiger partial charge in [-0.25, -0.2) is 4.98 Å². The van der Waals surface area contributed by atoms with Crippen molar-refractivity contribution in [2.24, 2.45) is 5.92 Å². The highest BCUT2D eigenvalue weighted by Crippen LogP contribution is 2.19. The number of anilines is 1. The molecule has 0 saturated carbocycles. The molecule has 1 saturated heterocycles. The number of carbonyl (C=O) groups is 2. The van der Waals surface area contributed by atoms with Crippen LogP contribution < -0.4 is 5.73 Å². The molecule has 1 aromatic rings. The van der Waals surface area contributed by atoms with Gasteiger partial charge in [0.1, 0.15) is 0 Å². The summed E-state index contributed by atoms with van der Waals surface area (Å²) in [6.07, 6.45) is 3.36. The summed E-state index contributed by atoms with van der Waals surface area (Å²) < 4.78 is 5.07. The number of nitrogen functional groups attached to an aromatic ring is 1. The first-order valence-electron chi connectivity index (χ1n) is 7.82. The van der Waals surface area contributed by atoms with Gasteiger partial charge >= 0.3 is 5.97 Å². The first kappa shape index (κ1) is 20.7. The fourth-order valence-electron chi connectivity index (χ4n) is 2.70. The van der Waals surface area contributed by atoms with Crippen molar-refractivity contribution in [3.8, 4) is 0 Å². The minimum absolute atomic E-state index is 0. The maximum absolute atomic E-state index is 12.4. The molecular formula is C15H25ClN4O3S. The van der Waals surface area contributed by atoms with E-state index >= 15 is 0 Å². The largest absolute Gasteiger partial charge is 0.466 e. The van der Waals surface area contributed by atoms with Crippen LogP contribution in [-0.2, 0) is 20.9 Å². The average Bonchev–Trinajstić information content (AvgIpc) is 2.92. The summed E-state index contributed by atoms with van der Waals surface area (Å²) in [6, 6.07) is 0. The Balaban J connectivity index is 0.00000288. The van der Waals surface area contributed by atoms with Gasteiger partial charge in [-0.3, -0.25) is 14.5 Å². The molecule has 1 aliphatic heterocycles. The highest BCUT2D eigenvalue weighted by Gasteiger charge is 2.29. The van der Waals surface area contributed by atoms with Crippen molar-refractivity contribution in [3.63, 3.8) is 0 Å². The molecule has 24 heavy (non-hydrogen) atoms. The van der Waals surface area contributed by atoms with Gasteiger partial charge in [-0.15, -0.1) is 23.7 Å². The van der Waals surface area contributed by atoms with Gasteiger partial charge in [0.15, 0.2) is 5.13 Å². The fraction of sp³-hybridized carbons (Fsp3) is 0.667. The SMILES string of the molecule is CCOC(=O)C1CCCN(C(=O)CN(C)Cc2cnc(N)s2)C1.Cl. The fourth-order valence-corrected chi connectivity index (χ4v) is 3.47. The van der Waals surface area contributed by atoms with Gasteiger partial charge in [0.2, 0.25) is 5.91 Å². The van der Waals surface area contributed by atoms with Gasteiger partial charge < -0.3 is 15.4 Å². The second-order valence-corrected chi connectivity index (χ2v) is 6.91. The van der Waals surface area contributed by atoms with E-state index in [0.29, 0.717) is 37.9 Å². The highest BCUT2D eigenvalue weighted by molar-refractivity contribution is 7.15. The summed E-state index contributed by atoms with van der Waals surface area (Å²) in [7, 11) is 1.89. The van der Waals surface area contributed by atoms with Crippen LogP contribution in [0.3, 0.4) is 0 Å². The van der Waals surface area contributed by atoms with Crippen LogP contribution in [0.1, 0.15) is 24.6 Å². The van der Waals surface area contributed by atoms with Gasteiger partial charge in [-0.1, -0.05) is 0 Å². The van der Waals surface area contributed by atoms with Crippen LogP contribution >= 0.6 is 23.7 Å². The molecule has 136 valence electrons. The van der Waals surface area contributed by atoms with E-state index in [1.165, 1.54) is 11.3 Å². The third-order valence-corrected chi connectivity index (χ3v) is 4.61. The molecule has 9 heteroatoms. The van der Waals surface area contributed by atoms with Crippen molar-refractivity contribution in [1.29, 1.82) is 0 Å². The Hall–Kier alpha value is -1.38. The van der Waals surface area contributed by atoms with Crippen LogP contribution in [-0.4, -0.2) is 59.9 Å². The number of likely N-dealkylation sites (N-methyl/N-ethyl adjacent to an activating group) is 1. The smallest absolute Gasteiger partial charge is 0.310 e. The van der Waals surface area contributed by atoms with Gasteiger partial charge in [0.05, 0.1) is 19.1 Å². The number of carbonyl (C=O) groups excluding carboxylic acids is 2. The van der Waals surface area contributed by atoms with E-state index < -0.39 is 0 Å². The number of rotatable bonds is 6. The molecule has 1 atom stereocenters. The zero-order valence-corrected chi connectivity index (χ0v) is 15.7. The molecule has 2 N–H and O–H groups in total. The number of hydrogen-bond acceptors (Lipinski definition) is 7. The lowest BCUT2D eigenvalue weighted by atomic mass is 9.98. The summed E-state index contributed by atoms with van der Waals surface area (Å²) in [6.45, 7) is 4.28. The number of nitrogens with two attached hydrogens (primary N) is 1. The topological polar surface area (TPSA) is 88.8 Å². The maximum Gasteiger partial charge on any atom is 0.310 e. The molecule has 2 heterocycles. The standard InChI is InChI=1S/C15H24N4O3S.ClH/c1-3-22-14(21)11-5-4-6-19(8-11)13(20)10-18(2)9-12-7-17-15(16)23-12;/h7,11H,3-6,8-10H2,1-2H3,(H2,16,17);1H. The molecule has 0 radical (unpaired) electrons. The minimum atomic E-state index is -0.196. The van der Waals surface area contributed by atoms with Gasteiger partial charge in [-0.05, 0) is 26.8 Å². The first-order chi connectivity index (χ1) is 11.0. The monoisotopic (exact) mass is 376 g/mol. The number of esters is 1. The van der Waals surface area contributed by atoms with Crippen LogP contribution in [0.25, 0.3) is 0 Å². The second-order valence-electron chi connectivity index (χ2n) is 5.77. The van der Waals surface area contributed by atoms with E-state index in [1.54, 1.807) is 18.0 Å². The van der Waals surface area contributed by atoms with Gasteiger partial charge in [0.25, 0.3) is 0 Å². The summed E-state index contributed by atoms with van der Waals surface area (Å²) in [5, 5.41) is 0.535. The Labute approximate surface area is 152 Å². The number of hydrogen-bond donors (Lipinski definition) is 1. The lowest BCUT2D eigenvalue weighted by molar-refractivity contribution is -0.151. The van der Waals surface area contributed by atoms with Crippen LogP contribution in [0.15, 0.2) is 6.20 Å². The number of thiazole rings is 1. The molecule has 7 nitrogen and oxygen atoms in total. The molecule has 1 amide bonds. The van der Waals surface area contributed by atoms with Crippen LogP contribution in [0.4, 0.5) is 5.13 Å². The lowest BCUT2D eigenvalue weighted by Crippen LogP contribution is -2.46. The van der Waals surface area contributed by atoms with Crippen LogP contribution in [0, 0.1) is 5.92 Å². The van der Waals surface area contributed by atoms with Crippen molar-refractivity contribution < 1.29 is 14.3 Å². The van der Waals surface area contributed by atoms with E-state index in [1.807, 2.05) is 11.9 Å². The Kier molecular flexibility index (Phi) is 8.44. The quantitative estimate of drug-likeness (QED) is 0.754. The number of piperidine rings is 1. The zero-order chi connectivity index (χ0) is 16.8. The summed E-state index contributed by atoms with van der Waals surface area (Å²) >= 11 is 1.43. The number of nitrogens with zero attached hydrogens (tertiary/aromatic N) is 3. The summed E-state index contributed by atoms with van der Waals surface area (Å²) in [5.41, 5.74) is 5.61. The van der Waals surface area contributed by atoms with Gasteiger partial charge in [-0.2, -0.15) is 0 Å². The second kappa shape index (κ2) is 9.80. The summed E-state index contributed by atoms with van der Waals surface area (Å²) in [5.74, 6) is -0.350. The molecule has 1 unspecified atom stereocenters. The number of amides is 1. The maximum atomic E-state index is 12.4. The van der Waals surface area contributed by atoms with Gasteiger partial charge in [0, 0.05) is 30.7 Å². The molecule has 0 spiro atoms. The van der Waals surface area contributed by atoms with Crippen molar-refractivity contribution >= 4 is 40.8 Å². The first-order valence-corrected chi connectivity index (χ1v) is 8.64. The molecule has 1 aromatic heterocycles. The highest BCUT2D eigenvalue weighted by atomic mass is 35.5. The molecule has 2 rings (SSSR count). The third kappa shape index (κ3) is 5.92. The third-order valence-electron chi connectivity index (χ3n) is 3.80. The Morgan fingerprint density at radius 2 is 2.29 bits per heavy atom.